The molecule has 182 valence electrons. The average molecular weight is 503 g/mol. The van der Waals surface area contributed by atoms with Gasteiger partial charge in [-0.25, -0.2) is 9.37 Å². The van der Waals surface area contributed by atoms with Gasteiger partial charge in [-0.2, -0.15) is 5.10 Å². The van der Waals surface area contributed by atoms with E-state index in [1.54, 1.807) is 7.05 Å². The largest absolute Gasteiger partial charge is 0.383 e. The molecule has 2 N–H and O–H groups in total. The van der Waals surface area contributed by atoms with Crippen LogP contribution in [-0.2, 0) is 7.05 Å². The second-order valence-corrected chi connectivity index (χ2v) is 10.4. The van der Waals surface area contributed by atoms with E-state index in [9.17, 15) is 28.6 Å². The number of carbonyl (C=O) groups excluding carboxylic acids is 1. The monoisotopic (exact) mass is 503 g/mol. The SMILES string of the molecule is CC(c1ccc(S(F)(F)(F)(F)F)cc1)N(C)C(=O)c1cc2c(cc1F)nc(N)c1cnn(C)c12. The summed E-state index contributed by atoms with van der Waals surface area (Å²) in [7, 11) is -6.84. The fourth-order valence-corrected chi connectivity index (χ4v) is 4.39. The van der Waals surface area contributed by atoms with E-state index in [1.807, 2.05) is 0 Å². The number of benzene rings is 2. The van der Waals surface area contributed by atoms with Gasteiger partial charge < -0.3 is 10.6 Å². The summed E-state index contributed by atoms with van der Waals surface area (Å²) in [4.78, 5) is 16.3. The Labute approximate surface area is 189 Å². The molecule has 4 rings (SSSR count). The van der Waals surface area contributed by atoms with Gasteiger partial charge >= 0.3 is 10.2 Å². The maximum atomic E-state index is 14.9. The topological polar surface area (TPSA) is 77.0 Å². The number of hydrogen-bond acceptors (Lipinski definition) is 4. The Kier molecular flexibility index (Phi) is 4.72. The molecule has 0 aliphatic rings. The highest BCUT2D eigenvalue weighted by Gasteiger charge is 2.65. The fourth-order valence-electron chi connectivity index (χ4n) is 3.74. The third-order valence-corrected chi connectivity index (χ3v) is 6.90. The molecular formula is C21H19F6N5OS. The summed E-state index contributed by atoms with van der Waals surface area (Å²) >= 11 is 0. The van der Waals surface area contributed by atoms with Crippen molar-refractivity contribution in [3.8, 4) is 0 Å². The molecule has 1 atom stereocenters. The van der Waals surface area contributed by atoms with Crippen LogP contribution in [-0.4, -0.2) is 32.6 Å². The zero-order valence-electron chi connectivity index (χ0n) is 18.1. The minimum absolute atomic E-state index is 0.148. The van der Waals surface area contributed by atoms with E-state index in [0.717, 1.165) is 23.1 Å². The van der Waals surface area contributed by atoms with Crippen LogP contribution in [0.4, 0.5) is 29.6 Å². The van der Waals surface area contributed by atoms with E-state index < -0.39 is 32.9 Å². The number of anilines is 1. The molecule has 1 unspecified atom stereocenters. The van der Waals surface area contributed by atoms with Gasteiger partial charge in [0.2, 0.25) is 0 Å². The van der Waals surface area contributed by atoms with Crippen LogP contribution in [0.5, 0.6) is 0 Å². The lowest BCUT2D eigenvalue weighted by atomic mass is 10.0. The number of rotatable bonds is 4. The molecule has 0 saturated carbocycles. The summed E-state index contributed by atoms with van der Waals surface area (Å²) in [6.45, 7) is 1.48. The Balaban J connectivity index is 1.72. The molecule has 34 heavy (non-hydrogen) atoms. The predicted octanol–water partition coefficient (Wildman–Crippen LogP) is 6.33. The van der Waals surface area contributed by atoms with Gasteiger partial charge in [-0.1, -0.05) is 31.6 Å². The smallest absolute Gasteiger partial charge is 0.310 e. The third kappa shape index (κ3) is 4.00. The number of aryl methyl sites for hydroxylation is 1. The first-order valence-corrected chi connectivity index (χ1v) is 11.7. The van der Waals surface area contributed by atoms with Gasteiger partial charge in [0.15, 0.2) is 0 Å². The zero-order valence-corrected chi connectivity index (χ0v) is 18.9. The second-order valence-electron chi connectivity index (χ2n) is 8.01. The zero-order chi connectivity index (χ0) is 25.3. The summed E-state index contributed by atoms with van der Waals surface area (Å²) in [6.07, 6.45) is 1.49. The maximum absolute atomic E-state index is 14.9. The Morgan fingerprint density at radius 3 is 2.29 bits per heavy atom. The van der Waals surface area contributed by atoms with E-state index in [0.29, 0.717) is 16.3 Å². The predicted molar refractivity (Wildman–Crippen MR) is 119 cm³/mol. The van der Waals surface area contributed by atoms with Crippen LogP contribution in [0.2, 0.25) is 0 Å². The van der Waals surface area contributed by atoms with Crippen LogP contribution < -0.4 is 5.73 Å². The standard InChI is InChI=1S/C21H19F6N5OS/c1-11(12-4-6-13(7-5-12)34(23,24,25,26)27)31(2)21(33)14-8-15-18(9-17(14)22)30-20(28)16-10-29-32(3)19(15)16/h4-11H,1-3H3,(H2,28,30). The highest BCUT2D eigenvalue weighted by Crippen LogP contribution is 3.02. The maximum Gasteiger partial charge on any atom is 0.310 e. The number of nitrogen functional groups attached to an aromatic ring is 1. The van der Waals surface area contributed by atoms with E-state index in [2.05, 4.69) is 10.1 Å². The first-order chi connectivity index (χ1) is 15.5. The van der Waals surface area contributed by atoms with Crippen molar-refractivity contribution in [1.82, 2.24) is 19.7 Å². The summed E-state index contributed by atoms with van der Waals surface area (Å²) < 4.78 is 81.3. The van der Waals surface area contributed by atoms with Crippen molar-refractivity contribution in [1.29, 1.82) is 0 Å². The van der Waals surface area contributed by atoms with Crippen molar-refractivity contribution < 1.29 is 28.6 Å². The molecule has 4 aromatic rings. The van der Waals surface area contributed by atoms with Crippen LogP contribution in [0.3, 0.4) is 0 Å². The summed E-state index contributed by atoms with van der Waals surface area (Å²) in [6, 6.07) is 3.80. The van der Waals surface area contributed by atoms with E-state index in [4.69, 9.17) is 5.73 Å². The van der Waals surface area contributed by atoms with Crippen LogP contribution >= 0.6 is 10.2 Å². The molecule has 13 heteroatoms. The highest BCUT2D eigenvalue weighted by molar-refractivity contribution is 8.45. The molecule has 0 aliphatic heterocycles. The van der Waals surface area contributed by atoms with E-state index in [1.165, 1.54) is 30.9 Å². The molecule has 2 heterocycles. The van der Waals surface area contributed by atoms with Crippen molar-refractivity contribution in [3.63, 3.8) is 0 Å². The van der Waals surface area contributed by atoms with Gasteiger partial charge in [0.25, 0.3) is 5.91 Å². The van der Waals surface area contributed by atoms with Gasteiger partial charge in [0.05, 0.1) is 34.2 Å². The van der Waals surface area contributed by atoms with Crippen molar-refractivity contribution in [2.75, 3.05) is 12.8 Å². The Morgan fingerprint density at radius 2 is 1.71 bits per heavy atom. The third-order valence-electron chi connectivity index (χ3n) is 5.74. The average Bonchev–Trinajstić information content (AvgIpc) is 3.13. The van der Waals surface area contributed by atoms with Crippen LogP contribution in [0.25, 0.3) is 21.8 Å². The lowest BCUT2D eigenvalue weighted by Crippen LogP contribution is -2.30. The first kappa shape index (κ1) is 23.7. The molecule has 2 aromatic heterocycles. The molecule has 0 bridgehead atoms. The highest BCUT2D eigenvalue weighted by atomic mass is 32.5. The number of hydrogen-bond donors (Lipinski definition) is 1. The Hall–Kier alpha value is -3.48. The number of halogens is 6. The van der Waals surface area contributed by atoms with Crippen molar-refractivity contribution in [2.45, 2.75) is 17.9 Å². The first-order valence-electron chi connectivity index (χ1n) is 9.79. The molecule has 0 radical (unpaired) electrons. The normalized spacial score (nSPS) is 15.2. The molecule has 0 spiro atoms. The lowest BCUT2D eigenvalue weighted by molar-refractivity contribution is 0.0738. The molecule has 2 aromatic carbocycles. The van der Waals surface area contributed by atoms with Crippen molar-refractivity contribution in [3.05, 3.63) is 59.5 Å². The number of pyridine rings is 1. The van der Waals surface area contributed by atoms with Crippen LogP contribution in [0.1, 0.15) is 28.9 Å². The second kappa shape index (κ2) is 6.78. The number of carbonyl (C=O) groups is 1. The van der Waals surface area contributed by atoms with Gasteiger partial charge in [0.1, 0.15) is 16.5 Å². The molecule has 1 amide bonds. The lowest BCUT2D eigenvalue weighted by Gasteiger charge is -2.40. The van der Waals surface area contributed by atoms with Crippen molar-refractivity contribution in [2.24, 2.45) is 7.05 Å². The summed E-state index contributed by atoms with van der Waals surface area (Å²) in [5.74, 6) is -1.49. The molecule has 0 fully saturated rings. The van der Waals surface area contributed by atoms with Gasteiger partial charge in [-0.3, -0.25) is 9.48 Å². The minimum Gasteiger partial charge on any atom is -0.383 e. The Morgan fingerprint density at radius 1 is 1.09 bits per heavy atom. The number of aromatic nitrogens is 3. The van der Waals surface area contributed by atoms with Crippen LogP contribution in [0, 0.1) is 5.82 Å². The summed E-state index contributed by atoms with van der Waals surface area (Å²) in [5, 5.41) is 5.06. The number of fused-ring (bicyclic) bond motifs is 3. The van der Waals surface area contributed by atoms with Gasteiger partial charge in [0, 0.05) is 25.5 Å². The van der Waals surface area contributed by atoms with Gasteiger partial charge in [-0.05, 0) is 30.7 Å². The Bertz CT molecular complexity index is 1470. The molecular weight excluding hydrogens is 484 g/mol. The molecule has 6 nitrogen and oxygen atoms in total. The minimum atomic E-state index is -9.82. The van der Waals surface area contributed by atoms with E-state index >= 15 is 0 Å². The summed E-state index contributed by atoms with van der Waals surface area (Å²) in [5.41, 5.74) is 6.52. The number of amides is 1. The fraction of sp³-hybridized carbons (Fsp3) is 0.190. The number of nitrogens with two attached hydrogens (primary N) is 1. The molecule has 0 saturated heterocycles. The van der Waals surface area contributed by atoms with Crippen LogP contribution in [0.15, 0.2) is 47.5 Å². The van der Waals surface area contributed by atoms with E-state index in [-0.39, 0.29) is 34.6 Å². The molecule has 0 aliphatic carbocycles. The number of nitrogens with zero attached hydrogens (tertiary/aromatic N) is 4. The quantitative estimate of drug-likeness (QED) is 0.330. The van der Waals surface area contributed by atoms with Gasteiger partial charge in [-0.15, -0.1) is 0 Å². The van der Waals surface area contributed by atoms with Crippen molar-refractivity contribution >= 4 is 43.8 Å².